The number of benzene rings is 2. The minimum absolute atomic E-state index is 0.0165. The van der Waals surface area contributed by atoms with E-state index in [0.29, 0.717) is 13.1 Å². The molecule has 2 heterocycles. The highest BCUT2D eigenvalue weighted by Gasteiger charge is 2.24. The predicted molar refractivity (Wildman–Crippen MR) is 130 cm³/mol. The molecular formula is C28H28N4O. The molecule has 5 heteroatoms. The zero-order valence-electron chi connectivity index (χ0n) is 18.7. The monoisotopic (exact) mass is 436 g/mol. The first kappa shape index (κ1) is 21.1. The number of amides is 1. The molecule has 1 amide bonds. The number of hydrogen-bond donors (Lipinski definition) is 1. The van der Waals surface area contributed by atoms with Gasteiger partial charge in [-0.15, -0.1) is 0 Å². The lowest BCUT2D eigenvalue weighted by Crippen LogP contribution is -2.33. The van der Waals surface area contributed by atoms with E-state index in [9.17, 15) is 4.79 Å². The minimum Gasteiger partial charge on any atom is -0.353 e. The smallest absolute Gasteiger partial charge is 0.232 e. The van der Waals surface area contributed by atoms with Gasteiger partial charge in [0.1, 0.15) is 0 Å². The van der Waals surface area contributed by atoms with E-state index < -0.39 is 0 Å². The van der Waals surface area contributed by atoms with Crippen LogP contribution in [-0.2, 0) is 24.2 Å². The van der Waals surface area contributed by atoms with E-state index in [-0.39, 0.29) is 11.8 Å². The van der Waals surface area contributed by atoms with Crippen LogP contribution in [0.5, 0.6) is 0 Å². The van der Waals surface area contributed by atoms with Gasteiger partial charge in [-0.1, -0.05) is 60.7 Å². The number of hydrogen-bond acceptors (Lipinski definition) is 3. The third-order valence-corrected chi connectivity index (χ3v) is 6.36. The Hall–Kier alpha value is -3.73. The zero-order valence-corrected chi connectivity index (χ0v) is 18.7. The molecule has 0 fully saturated rings. The lowest BCUT2D eigenvalue weighted by atomic mass is 9.90. The van der Waals surface area contributed by atoms with Crippen LogP contribution in [0.1, 0.15) is 41.1 Å². The highest BCUT2D eigenvalue weighted by molar-refractivity contribution is 5.87. The Bertz CT molecular complexity index is 1160. The van der Waals surface area contributed by atoms with Crippen LogP contribution in [0.3, 0.4) is 0 Å². The molecular weight excluding hydrogens is 408 g/mol. The van der Waals surface area contributed by atoms with Gasteiger partial charge >= 0.3 is 0 Å². The maximum atomic E-state index is 13.3. The van der Waals surface area contributed by atoms with Crippen molar-refractivity contribution in [1.82, 2.24) is 20.1 Å². The van der Waals surface area contributed by atoms with Gasteiger partial charge in [0.15, 0.2) is 0 Å². The topological polar surface area (TPSA) is 59.8 Å². The van der Waals surface area contributed by atoms with Gasteiger partial charge in [-0.05, 0) is 48.9 Å². The Labute approximate surface area is 194 Å². The molecule has 166 valence electrons. The molecule has 0 atom stereocenters. The SMILES string of the molecule is O=C(NCCn1nc(-c2ccncc2)c2c1CCCC2)C(c1ccccc1)c1ccccc1. The summed E-state index contributed by atoms with van der Waals surface area (Å²) in [5.74, 6) is -0.311. The fourth-order valence-corrected chi connectivity index (χ4v) is 4.77. The normalized spacial score (nSPS) is 13.0. The van der Waals surface area contributed by atoms with Crippen molar-refractivity contribution in [3.8, 4) is 11.3 Å². The number of fused-ring (bicyclic) bond motifs is 1. The number of carbonyl (C=O) groups excluding carboxylic acids is 1. The van der Waals surface area contributed by atoms with Crippen molar-refractivity contribution in [2.24, 2.45) is 0 Å². The van der Waals surface area contributed by atoms with E-state index in [1.807, 2.05) is 85.2 Å². The molecule has 0 bridgehead atoms. The molecule has 2 aromatic carbocycles. The molecule has 0 saturated carbocycles. The minimum atomic E-state index is -0.327. The standard InChI is InChI=1S/C28H28N4O/c33-28(26(21-9-3-1-4-10-21)22-11-5-2-6-12-22)30-19-20-32-25-14-8-7-13-24(25)27(31-32)23-15-17-29-18-16-23/h1-6,9-12,15-18,26H,7-8,13-14,19-20H2,(H,30,33). The molecule has 2 aromatic heterocycles. The van der Waals surface area contributed by atoms with Gasteiger partial charge < -0.3 is 5.32 Å². The molecule has 4 aromatic rings. The van der Waals surface area contributed by atoms with E-state index in [1.165, 1.54) is 24.1 Å². The van der Waals surface area contributed by atoms with Crippen molar-refractivity contribution < 1.29 is 4.79 Å². The quantitative estimate of drug-likeness (QED) is 0.454. The van der Waals surface area contributed by atoms with Gasteiger partial charge in [0, 0.05) is 35.8 Å². The highest BCUT2D eigenvalue weighted by atomic mass is 16.1. The average Bonchev–Trinajstić information content (AvgIpc) is 3.25. The van der Waals surface area contributed by atoms with Gasteiger partial charge in [0.05, 0.1) is 18.2 Å². The van der Waals surface area contributed by atoms with Gasteiger partial charge in [0.2, 0.25) is 5.91 Å². The fraction of sp³-hybridized carbons (Fsp3) is 0.250. The summed E-state index contributed by atoms with van der Waals surface area (Å²) < 4.78 is 2.10. The third-order valence-electron chi connectivity index (χ3n) is 6.36. The van der Waals surface area contributed by atoms with Crippen LogP contribution in [0, 0.1) is 0 Å². The Morgan fingerprint density at radius 1 is 0.879 bits per heavy atom. The Kier molecular flexibility index (Phi) is 6.29. The number of aromatic nitrogens is 3. The summed E-state index contributed by atoms with van der Waals surface area (Å²) in [4.78, 5) is 17.4. The average molecular weight is 437 g/mol. The predicted octanol–water partition coefficient (Wildman–Crippen LogP) is 4.77. The second-order valence-electron chi connectivity index (χ2n) is 8.49. The number of nitrogens with one attached hydrogen (secondary N) is 1. The van der Waals surface area contributed by atoms with Crippen molar-refractivity contribution in [3.05, 3.63) is 108 Å². The van der Waals surface area contributed by atoms with Gasteiger partial charge in [0.25, 0.3) is 0 Å². The summed E-state index contributed by atoms with van der Waals surface area (Å²) >= 11 is 0. The summed E-state index contributed by atoms with van der Waals surface area (Å²) in [7, 11) is 0. The van der Waals surface area contributed by atoms with Crippen molar-refractivity contribution in [2.75, 3.05) is 6.54 Å². The second kappa shape index (κ2) is 9.82. The van der Waals surface area contributed by atoms with E-state index in [0.717, 1.165) is 35.2 Å². The van der Waals surface area contributed by atoms with Crippen molar-refractivity contribution >= 4 is 5.91 Å². The lowest BCUT2D eigenvalue weighted by Gasteiger charge is -2.18. The second-order valence-corrected chi connectivity index (χ2v) is 8.49. The van der Waals surface area contributed by atoms with E-state index in [4.69, 9.17) is 5.10 Å². The largest absolute Gasteiger partial charge is 0.353 e. The first-order chi connectivity index (χ1) is 16.3. The van der Waals surface area contributed by atoms with E-state index in [1.54, 1.807) is 0 Å². The molecule has 1 aliphatic rings. The van der Waals surface area contributed by atoms with Crippen LogP contribution in [0.2, 0.25) is 0 Å². The Morgan fingerprint density at radius 3 is 2.18 bits per heavy atom. The number of rotatable bonds is 7. The van der Waals surface area contributed by atoms with Crippen molar-refractivity contribution in [3.63, 3.8) is 0 Å². The highest BCUT2D eigenvalue weighted by Crippen LogP contribution is 2.31. The van der Waals surface area contributed by atoms with Gasteiger partial charge in [-0.3, -0.25) is 14.5 Å². The lowest BCUT2D eigenvalue weighted by molar-refractivity contribution is -0.121. The van der Waals surface area contributed by atoms with Gasteiger partial charge in [-0.2, -0.15) is 5.10 Å². The number of pyridine rings is 1. The van der Waals surface area contributed by atoms with Crippen molar-refractivity contribution in [2.45, 2.75) is 38.1 Å². The van der Waals surface area contributed by atoms with Crippen LogP contribution >= 0.6 is 0 Å². The van der Waals surface area contributed by atoms with Gasteiger partial charge in [-0.25, -0.2) is 0 Å². The summed E-state index contributed by atoms with van der Waals surface area (Å²) in [5, 5.41) is 8.13. The van der Waals surface area contributed by atoms with Crippen LogP contribution in [0.25, 0.3) is 11.3 Å². The van der Waals surface area contributed by atoms with Crippen molar-refractivity contribution in [1.29, 1.82) is 0 Å². The molecule has 1 N–H and O–H groups in total. The molecule has 0 saturated heterocycles. The number of nitrogens with zero attached hydrogens (tertiary/aromatic N) is 3. The maximum Gasteiger partial charge on any atom is 0.232 e. The number of carbonyl (C=O) groups is 1. The zero-order chi connectivity index (χ0) is 22.5. The Morgan fingerprint density at radius 2 is 1.52 bits per heavy atom. The Balaban J connectivity index is 1.34. The molecule has 1 aliphatic carbocycles. The molecule has 0 spiro atoms. The first-order valence-corrected chi connectivity index (χ1v) is 11.7. The molecule has 33 heavy (non-hydrogen) atoms. The van der Waals surface area contributed by atoms with Crippen LogP contribution < -0.4 is 5.32 Å². The van der Waals surface area contributed by atoms with E-state index in [2.05, 4.69) is 15.0 Å². The van der Waals surface area contributed by atoms with Crippen LogP contribution in [0.15, 0.2) is 85.2 Å². The fourth-order valence-electron chi connectivity index (χ4n) is 4.77. The summed E-state index contributed by atoms with van der Waals surface area (Å²) in [6.07, 6.45) is 8.12. The van der Waals surface area contributed by atoms with Crippen LogP contribution in [0.4, 0.5) is 0 Å². The van der Waals surface area contributed by atoms with Crippen LogP contribution in [-0.4, -0.2) is 27.2 Å². The summed E-state index contributed by atoms with van der Waals surface area (Å²) in [6.45, 7) is 1.20. The molecule has 0 radical (unpaired) electrons. The molecule has 0 aliphatic heterocycles. The summed E-state index contributed by atoms with van der Waals surface area (Å²) in [5.41, 5.74) is 6.83. The molecule has 5 nitrogen and oxygen atoms in total. The molecule has 5 rings (SSSR count). The summed E-state index contributed by atoms with van der Waals surface area (Å²) in [6, 6.07) is 24.0. The maximum absolute atomic E-state index is 13.3. The molecule has 0 unspecified atom stereocenters. The first-order valence-electron chi connectivity index (χ1n) is 11.7. The van der Waals surface area contributed by atoms with E-state index >= 15 is 0 Å². The third kappa shape index (κ3) is 4.58.